The number of oxime groups is 1. The van der Waals surface area contributed by atoms with Crippen LogP contribution in [0.15, 0.2) is 35.5 Å². The third-order valence-corrected chi connectivity index (χ3v) is 7.32. The van der Waals surface area contributed by atoms with Crippen molar-refractivity contribution in [2.45, 2.75) is 43.5 Å². The van der Waals surface area contributed by atoms with Gasteiger partial charge in [0.05, 0.1) is 24.8 Å². The van der Waals surface area contributed by atoms with Crippen molar-refractivity contribution < 1.29 is 14.3 Å². The van der Waals surface area contributed by atoms with Gasteiger partial charge in [-0.05, 0) is 37.2 Å². The van der Waals surface area contributed by atoms with Crippen molar-refractivity contribution in [3.05, 3.63) is 35.9 Å². The molecule has 5 atom stereocenters. The smallest absolute Gasteiger partial charge is 0.178 e. The molecule has 4 heteroatoms. The van der Waals surface area contributed by atoms with Gasteiger partial charge in [-0.1, -0.05) is 35.5 Å². The molecule has 0 aromatic heterocycles. The Labute approximate surface area is 142 Å². The summed E-state index contributed by atoms with van der Waals surface area (Å²) in [6.07, 6.45) is 5.81. The topological polar surface area (TPSA) is 40.0 Å². The zero-order valence-corrected chi connectivity index (χ0v) is 13.8. The SMILES string of the molecule is c1ccc(C2=NO[C@@]3(C2)[C@H]2C[C@@H]4C[C@H](C2)C2(OCCO2)[C@H]3C4)cc1. The van der Waals surface area contributed by atoms with E-state index in [0.717, 1.165) is 31.3 Å². The molecule has 1 saturated heterocycles. The molecule has 2 spiro atoms. The van der Waals surface area contributed by atoms with Gasteiger partial charge in [0.15, 0.2) is 11.4 Å². The summed E-state index contributed by atoms with van der Waals surface area (Å²) in [6.45, 7) is 1.45. The van der Waals surface area contributed by atoms with Gasteiger partial charge in [0.1, 0.15) is 0 Å². The van der Waals surface area contributed by atoms with Crippen molar-refractivity contribution in [2.24, 2.45) is 28.8 Å². The van der Waals surface area contributed by atoms with Crippen LogP contribution in [0.2, 0.25) is 0 Å². The van der Waals surface area contributed by atoms with E-state index in [1.165, 1.54) is 31.2 Å². The predicted molar refractivity (Wildman–Crippen MR) is 88.5 cm³/mol. The molecule has 126 valence electrons. The van der Waals surface area contributed by atoms with Crippen molar-refractivity contribution in [1.29, 1.82) is 0 Å². The maximum absolute atomic E-state index is 6.30. The molecule has 7 rings (SSSR count). The van der Waals surface area contributed by atoms with Crippen molar-refractivity contribution in [3.63, 3.8) is 0 Å². The molecule has 4 saturated carbocycles. The van der Waals surface area contributed by atoms with Crippen LogP contribution in [0.5, 0.6) is 0 Å². The number of ether oxygens (including phenoxy) is 2. The molecule has 4 nitrogen and oxygen atoms in total. The molecule has 4 aliphatic carbocycles. The number of hydrogen-bond donors (Lipinski definition) is 0. The van der Waals surface area contributed by atoms with Crippen LogP contribution < -0.4 is 0 Å². The highest BCUT2D eigenvalue weighted by molar-refractivity contribution is 6.01. The number of nitrogens with zero attached hydrogens (tertiary/aromatic N) is 1. The van der Waals surface area contributed by atoms with Crippen molar-refractivity contribution in [3.8, 4) is 0 Å². The Morgan fingerprint density at radius 2 is 1.71 bits per heavy atom. The third kappa shape index (κ3) is 1.59. The summed E-state index contributed by atoms with van der Waals surface area (Å²) in [4.78, 5) is 6.30. The molecule has 0 unspecified atom stereocenters. The molecule has 2 heterocycles. The van der Waals surface area contributed by atoms with Gasteiger partial charge >= 0.3 is 0 Å². The Bertz CT molecular complexity index is 696. The van der Waals surface area contributed by atoms with E-state index in [1.54, 1.807) is 0 Å². The summed E-state index contributed by atoms with van der Waals surface area (Å²) in [6, 6.07) is 10.5. The van der Waals surface area contributed by atoms with E-state index in [1.807, 2.05) is 6.07 Å². The lowest BCUT2D eigenvalue weighted by Gasteiger charge is -2.64. The molecule has 5 fully saturated rings. The summed E-state index contributed by atoms with van der Waals surface area (Å²) in [5.74, 6) is 1.91. The van der Waals surface area contributed by atoms with Gasteiger partial charge < -0.3 is 14.3 Å². The van der Waals surface area contributed by atoms with Crippen LogP contribution in [-0.4, -0.2) is 30.3 Å². The Kier molecular flexibility index (Phi) is 2.66. The Morgan fingerprint density at radius 1 is 0.917 bits per heavy atom. The zero-order valence-electron chi connectivity index (χ0n) is 13.8. The van der Waals surface area contributed by atoms with Crippen LogP contribution in [0.3, 0.4) is 0 Å². The quantitative estimate of drug-likeness (QED) is 0.795. The molecular formula is C20H23NO3. The minimum atomic E-state index is -0.394. The second-order valence-corrected chi connectivity index (χ2v) is 8.30. The number of benzene rings is 1. The molecule has 4 bridgehead atoms. The zero-order chi connectivity index (χ0) is 15.8. The highest BCUT2D eigenvalue weighted by Crippen LogP contribution is 2.67. The van der Waals surface area contributed by atoms with Gasteiger partial charge in [-0.3, -0.25) is 0 Å². The first-order chi connectivity index (χ1) is 11.8. The van der Waals surface area contributed by atoms with Gasteiger partial charge in [0.25, 0.3) is 0 Å². The van der Waals surface area contributed by atoms with Gasteiger partial charge in [0, 0.05) is 18.3 Å². The number of rotatable bonds is 1. The van der Waals surface area contributed by atoms with Crippen molar-refractivity contribution >= 4 is 5.71 Å². The van der Waals surface area contributed by atoms with E-state index < -0.39 is 5.79 Å². The fourth-order valence-corrected chi connectivity index (χ4v) is 6.50. The lowest BCUT2D eigenvalue weighted by molar-refractivity contribution is -0.345. The molecule has 24 heavy (non-hydrogen) atoms. The van der Waals surface area contributed by atoms with E-state index in [2.05, 4.69) is 29.4 Å². The second-order valence-electron chi connectivity index (χ2n) is 8.30. The van der Waals surface area contributed by atoms with Crippen molar-refractivity contribution in [2.75, 3.05) is 13.2 Å². The van der Waals surface area contributed by atoms with Crippen molar-refractivity contribution in [1.82, 2.24) is 0 Å². The van der Waals surface area contributed by atoms with Crippen LogP contribution >= 0.6 is 0 Å². The van der Waals surface area contributed by atoms with Gasteiger partial charge in [-0.15, -0.1) is 0 Å². The second kappa shape index (κ2) is 4.61. The molecular weight excluding hydrogens is 302 g/mol. The van der Waals surface area contributed by atoms with Crippen LogP contribution in [-0.2, 0) is 14.3 Å². The maximum Gasteiger partial charge on any atom is 0.178 e. The lowest BCUT2D eigenvalue weighted by Crippen LogP contribution is -2.69. The largest absolute Gasteiger partial charge is 0.388 e. The van der Waals surface area contributed by atoms with Gasteiger partial charge in [-0.2, -0.15) is 0 Å². The first-order valence-corrected chi connectivity index (χ1v) is 9.38. The first kappa shape index (κ1) is 13.9. The Balaban J connectivity index is 1.39. The summed E-state index contributed by atoms with van der Waals surface area (Å²) in [7, 11) is 0. The molecule has 2 aliphatic heterocycles. The highest BCUT2D eigenvalue weighted by Gasteiger charge is 2.72. The van der Waals surface area contributed by atoms with Crippen LogP contribution in [0.25, 0.3) is 0 Å². The summed E-state index contributed by atoms with van der Waals surface area (Å²) >= 11 is 0. The highest BCUT2D eigenvalue weighted by atomic mass is 16.7. The molecule has 0 amide bonds. The van der Waals surface area contributed by atoms with Gasteiger partial charge in [-0.25, -0.2) is 0 Å². The average molecular weight is 325 g/mol. The molecule has 0 N–H and O–H groups in total. The third-order valence-electron chi connectivity index (χ3n) is 7.32. The lowest BCUT2D eigenvalue weighted by atomic mass is 9.46. The summed E-state index contributed by atoms with van der Waals surface area (Å²) < 4.78 is 12.6. The maximum atomic E-state index is 6.30. The Morgan fingerprint density at radius 3 is 2.54 bits per heavy atom. The fourth-order valence-electron chi connectivity index (χ4n) is 6.50. The minimum absolute atomic E-state index is 0.205. The molecule has 0 radical (unpaired) electrons. The van der Waals surface area contributed by atoms with E-state index in [4.69, 9.17) is 14.3 Å². The van der Waals surface area contributed by atoms with E-state index in [0.29, 0.717) is 17.8 Å². The van der Waals surface area contributed by atoms with E-state index in [-0.39, 0.29) is 5.60 Å². The van der Waals surface area contributed by atoms with Crippen LogP contribution in [0, 0.1) is 23.7 Å². The van der Waals surface area contributed by atoms with Crippen LogP contribution in [0.4, 0.5) is 0 Å². The average Bonchev–Trinajstić information content (AvgIpc) is 3.27. The fraction of sp³-hybridized carbons (Fsp3) is 0.650. The summed E-state index contributed by atoms with van der Waals surface area (Å²) in [5, 5.41) is 4.57. The first-order valence-electron chi connectivity index (χ1n) is 9.38. The molecule has 6 aliphatic rings. The predicted octanol–water partition coefficient (Wildman–Crippen LogP) is 3.36. The molecule has 1 aromatic carbocycles. The van der Waals surface area contributed by atoms with Crippen LogP contribution in [0.1, 0.15) is 37.7 Å². The standard InChI is InChI=1S/C20H23NO3/c1-2-4-14(5-3-1)17-12-19(24-21-17)15-8-13-9-16(11-15)20(18(19)10-13)22-6-7-23-20/h1-5,13,15-16,18H,6-12H2/t13-,15+,16-,18+,19+/m1/s1. The molecule has 1 aromatic rings. The monoisotopic (exact) mass is 325 g/mol. The van der Waals surface area contributed by atoms with E-state index in [9.17, 15) is 0 Å². The Hall–Kier alpha value is -1.39. The van der Waals surface area contributed by atoms with E-state index >= 15 is 0 Å². The summed E-state index contributed by atoms with van der Waals surface area (Å²) in [5.41, 5.74) is 2.07. The number of hydrogen-bond acceptors (Lipinski definition) is 4. The van der Waals surface area contributed by atoms with Gasteiger partial charge in [0.2, 0.25) is 0 Å². The minimum Gasteiger partial charge on any atom is -0.388 e. The normalized spacial score (nSPS) is 44.2.